The van der Waals surface area contributed by atoms with Crippen molar-refractivity contribution < 1.29 is 19.7 Å². The SMILES string of the molecule is Nc1ncc(-c2cc(N[C@@]3(CO)CCN(C(=O)[C@H](O)c4ccccc4)C3)nc(N3CCOCC3)n2)cn1. The molecule has 2 saturated heterocycles. The maximum atomic E-state index is 13.0. The number of carbonyl (C=O) groups excluding carboxylic acids is 1. The summed E-state index contributed by atoms with van der Waals surface area (Å²) in [4.78, 5) is 34.2. The molecule has 2 fully saturated rings. The van der Waals surface area contributed by atoms with Crippen molar-refractivity contribution in [1.82, 2.24) is 24.8 Å². The van der Waals surface area contributed by atoms with Crippen LogP contribution >= 0.6 is 0 Å². The number of nitrogens with zero attached hydrogens (tertiary/aromatic N) is 6. The van der Waals surface area contributed by atoms with Crippen LogP contribution in [0.25, 0.3) is 11.3 Å². The normalized spacial score (nSPS) is 20.6. The van der Waals surface area contributed by atoms with Crippen molar-refractivity contribution in [1.29, 1.82) is 0 Å². The maximum Gasteiger partial charge on any atom is 0.256 e. The number of aromatic nitrogens is 4. The van der Waals surface area contributed by atoms with Crippen LogP contribution in [0.2, 0.25) is 0 Å². The third kappa shape index (κ3) is 5.45. The molecule has 0 aliphatic carbocycles. The molecule has 12 nitrogen and oxygen atoms in total. The smallest absolute Gasteiger partial charge is 0.256 e. The minimum atomic E-state index is -1.26. The Morgan fingerprint density at radius 2 is 1.86 bits per heavy atom. The van der Waals surface area contributed by atoms with Gasteiger partial charge in [0.15, 0.2) is 6.10 Å². The number of aliphatic hydroxyl groups excluding tert-OH is 2. The second-order valence-corrected chi connectivity index (χ2v) is 9.25. The molecule has 1 amide bonds. The van der Waals surface area contributed by atoms with Gasteiger partial charge in [-0.15, -0.1) is 0 Å². The molecule has 0 radical (unpaired) electrons. The van der Waals surface area contributed by atoms with Crippen molar-refractivity contribution in [3.05, 3.63) is 54.4 Å². The van der Waals surface area contributed by atoms with Crippen LogP contribution in [0.4, 0.5) is 17.7 Å². The first-order valence-electron chi connectivity index (χ1n) is 12.2. The van der Waals surface area contributed by atoms with Gasteiger partial charge in [0.1, 0.15) is 5.82 Å². The van der Waals surface area contributed by atoms with E-state index in [1.807, 2.05) is 11.0 Å². The van der Waals surface area contributed by atoms with Crippen LogP contribution in [-0.4, -0.2) is 92.5 Å². The molecule has 1 aromatic carbocycles. The Kier molecular flexibility index (Phi) is 7.12. The quantitative estimate of drug-likeness (QED) is 0.352. The molecule has 0 saturated carbocycles. The molecule has 0 unspecified atom stereocenters. The fourth-order valence-electron chi connectivity index (χ4n) is 4.58. The van der Waals surface area contributed by atoms with Crippen LogP contribution in [-0.2, 0) is 9.53 Å². The van der Waals surface area contributed by atoms with Crippen LogP contribution < -0.4 is 16.0 Å². The van der Waals surface area contributed by atoms with Crippen molar-refractivity contribution in [2.45, 2.75) is 18.1 Å². The Balaban J connectivity index is 1.40. The first-order valence-corrected chi connectivity index (χ1v) is 12.2. The lowest BCUT2D eigenvalue weighted by Gasteiger charge is -2.31. The molecule has 5 rings (SSSR count). The van der Waals surface area contributed by atoms with E-state index in [2.05, 4.69) is 15.3 Å². The molecule has 2 aliphatic heterocycles. The number of amides is 1. The second-order valence-electron chi connectivity index (χ2n) is 9.25. The van der Waals surface area contributed by atoms with Gasteiger partial charge >= 0.3 is 0 Å². The van der Waals surface area contributed by atoms with Gasteiger partial charge in [-0.25, -0.2) is 15.0 Å². The minimum Gasteiger partial charge on any atom is -0.394 e. The zero-order valence-corrected chi connectivity index (χ0v) is 20.3. The number of carbonyl (C=O) groups is 1. The molecule has 4 heterocycles. The predicted octanol–water partition coefficient (Wildman–Crippen LogP) is 0.461. The number of aliphatic hydroxyl groups is 2. The molecule has 3 aromatic rings. The predicted molar refractivity (Wildman–Crippen MR) is 137 cm³/mol. The summed E-state index contributed by atoms with van der Waals surface area (Å²) in [6.45, 7) is 2.80. The van der Waals surface area contributed by atoms with E-state index in [4.69, 9.17) is 20.4 Å². The van der Waals surface area contributed by atoms with Gasteiger partial charge in [0.25, 0.3) is 5.91 Å². The number of nitrogens with one attached hydrogen (secondary N) is 1. The second kappa shape index (κ2) is 10.6. The highest BCUT2D eigenvalue weighted by Gasteiger charge is 2.41. The van der Waals surface area contributed by atoms with Crippen molar-refractivity contribution in [3.63, 3.8) is 0 Å². The summed E-state index contributed by atoms with van der Waals surface area (Å²) in [5.74, 6) is 0.769. The van der Waals surface area contributed by atoms with E-state index in [-0.39, 0.29) is 19.1 Å². The van der Waals surface area contributed by atoms with Crippen LogP contribution in [0, 0.1) is 0 Å². The minimum absolute atomic E-state index is 0.164. The van der Waals surface area contributed by atoms with Gasteiger partial charge in [0.05, 0.1) is 31.1 Å². The molecular formula is C25H30N8O4. The Bertz CT molecular complexity index is 1220. The van der Waals surface area contributed by atoms with Crippen LogP contribution in [0.3, 0.4) is 0 Å². The lowest BCUT2D eigenvalue weighted by molar-refractivity contribution is -0.139. The first kappa shape index (κ1) is 24.8. The van der Waals surface area contributed by atoms with Crippen molar-refractivity contribution in [2.24, 2.45) is 0 Å². The van der Waals surface area contributed by atoms with Gasteiger partial charge in [-0.1, -0.05) is 30.3 Å². The van der Waals surface area contributed by atoms with Gasteiger partial charge in [0, 0.05) is 50.2 Å². The standard InChI is InChI=1S/C25H30N8O4/c26-23-27-13-18(14-28-23)19-12-20(30-24(29-19)32-8-10-37-11-9-32)31-25(16-34)6-7-33(15-25)22(36)21(35)17-4-2-1-3-5-17/h1-5,12-14,21,34-35H,6-11,15-16H2,(H2,26,27,28)(H,29,30,31)/t21-,25+/m1/s1. The first-order chi connectivity index (χ1) is 18.0. The zero-order valence-electron chi connectivity index (χ0n) is 20.3. The van der Waals surface area contributed by atoms with E-state index in [0.29, 0.717) is 67.9 Å². The molecule has 2 aliphatic rings. The summed E-state index contributed by atoms with van der Waals surface area (Å²) in [6, 6.07) is 10.6. The van der Waals surface area contributed by atoms with E-state index in [1.54, 1.807) is 47.6 Å². The van der Waals surface area contributed by atoms with Gasteiger partial charge < -0.3 is 35.8 Å². The van der Waals surface area contributed by atoms with Gasteiger partial charge in [-0.3, -0.25) is 4.79 Å². The fourth-order valence-corrected chi connectivity index (χ4v) is 4.58. The number of ether oxygens (including phenoxy) is 1. The average molecular weight is 507 g/mol. The molecule has 0 bridgehead atoms. The van der Waals surface area contributed by atoms with Crippen molar-refractivity contribution in [3.8, 4) is 11.3 Å². The van der Waals surface area contributed by atoms with Gasteiger partial charge in [0.2, 0.25) is 11.9 Å². The third-order valence-electron chi connectivity index (χ3n) is 6.69. The monoisotopic (exact) mass is 506 g/mol. The summed E-state index contributed by atoms with van der Waals surface area (Å²) in [6.07, 6.45) is 2.41. The number of rotatable bonds is 7. The number of nitrogen functional groups attached to an aromatic ring is 1. The van der Waals surface area contributed by atoms with Gasteiger partial charge in [-0.2, -0.15) is 4.98 Å². The van der Waals surface area contributed by atoms with Crippen LogP contribution in [0.1, 0.15) is 18.1 Å². The Morgan fingerprint density at radius 3 is 2.57 bits per heavy atom. The highest BCUT2D eigenvalue weighted by molar-refractivity contribution is 5.82. The average Bonchev–Trinajstić information content (AvgIpc) is 3.37. The maximum absolute atomic E-state index is 13.0. The number of likely N-dealkylation sites (tertiary alicyclic amines) is 1. The number of hydrogen-bond acceptors (Lipinski definition) is 11. The van der Waals surface area contributed by atoms with E-state index >= 15 is 0 Å². The highest BCUT2D eigenvalue weighted by Crippen LogP contribution is 2.30. The molecule has 2 atom stereocenters. The van der Waals surface area contributed by atoms with Crippen LogP contribution in [0.15, 0.2) is 48.8 Å². The number of hydrogen-bond donors (Lipinski definition) is 4. The summed E-state index contributed by atoms with van der Waals surface area (Å²) in [5, 5.41) is 24.4. The number of benzene rings is 1. The highest BCUT2D eigenvalue weighted by atomic mass is 16.5. The topological polar surface area (TPSA) is 163 Å². The molecule has 2 aromatic heterocycles. The molecule has 37 heavy (non-hydrogen) atoms. The van der Waals surface area contributed by atoms with E-state index in [1.165, 1.54) is 0 Å². The summed E-state index contributed by atoms with van der Waals surface area (Å²) in [7, 11) is 0. The molecule has 5 N–H and O–H groups in total. The summed E-state index contributed by atoms with van der Waals surface area (Å²) >= 11 is 0. The van der Waals surface area contributed by atoms with Crippen molar-refractivity contribution >= 4 is 23.6 Å². The van der Waals surface area contributed by atoms with Crippen LogP contribution in [0.5, 0.6) is 0 Å². The number of nitrogens with two attached hydrogens (primary N) is 1. The van der Waals surface area contributed by atoms with E-state index in [0.717, 1.165) is 0 Å². The van der Waals surface area contributed by atoms with E-state index < -0.39 is 17.6 Å². The fraction of sp³-hybridized carbons (Fsp3) is 0.400. The Morgan fingerprint density at radius 1 is 1.14 bits per heavy atom. The lowest BCUT2D eigenvalue weighted by Crippen LogP contribution is -2.46. The van der Waals surface area contributed by atoms with Crippen molar-refractivity contribution in [2.75, 3.05) is 62.0 Å². The molecule has 194 valence electrons. The number of morpholine rings is 1. The van der Waals surface area contributed by atoms with Gasteiger partial charge in [-0.05, 0) is 12.0 Å². The summed E-state index contributed by atoms with van der Waals surface area (Å²) < 4.78 is 5.47. The Hall–Kier alpha value is -3.87. The Labute approximate surface area is 214 Å². The lowest BCUT2D eigenvalue weighted by atomic mass is 10.00. The van der Waals surface area contributed by atoms with E-state index in [9.17, 15) is 15.0 Å². The zero-order chi connectivity index (χ0) is 25.8. The molecule has 0 spiro atoms. The number of anilines is 3. The largest absolute Gasteiger partial charge is 0.394 e. The molecular weight excluding hydrogens is 476 g/mol. The third-order valence-corrected chi connectivity index (χ3v) is 6.69. The summed E-state index contributed by atoms with van der Waals surface area (Å²) in [5.41, 5.74) is 6.61. The molecule has 12 heteroatoms.